The number of amides is 2. The summed E-state index contributed by atoms with van der Waals surface area (Å²) in [5, 5.41) is 2.90. The molecule has 0 atom stereocenters. The number of nitrogens with one attached hydrogen (secondary N) is 2. The third-order valence-corrected chi connectivity index (χ3v) is 4.31. The molecule has 0 radical (unpaired) electrons. The van der Waals surface area contributed by atoms with Crippen molar-refractivity contribution in [3.63, 3.8) is 0 Å². The molecule has 2 rings (SSSR count). The molecule has 0 aliphatic carbocycles. The normalized spacial score (nSPS) is 15.6. The predicted molar refractivity (Wildman–Crippen MR) is 88.9 cm³/mol. The zero-order valence-corrected chi connectivity index (χ0v) is 14.5. The summed E-state index contributed by atoms with van der Waals surface area (Å²) >= 11 is 3.39. The van der Waals surface area contributed by atoms with Crippen molar-refractivity contribution in [3.8, 4) is 0 Å². The number of nitrogens with zero attached hydrogens (tertiary/aromatic N) is 1. The molecule has 0 bridgehead atoms. The van der Waals surface area contributed by atoms with Gasteiger partial charge in [-0.3, -0.25) is 9.59 Å². The molecule has 120 valence electrons. The van der Waals surface area contributed by atoms with E-state index < -0.39 is 0 Å². The molecular formula is C16H23BrN3O2+. The van der Waals surface area contributed by atoms with E-state index in [-0.39, 0.29) is 11.8 Å². The number of carbonyl (C=O) groups excluding carboxylic acids is 2. The van der Waals surface area contributed by atoms with Gasteiger partial charge in [0.25, 0.3) is 11.8 Å². The van der Waals surface area contributed by atoms with E-state index in [1.807, 2.05) is 36.1 Å². The Labute approximate surface area is 139 Å². The number of rotatable bonds is 5. The molecule has 0 unspecified atom stereocenters. The maximum absolute atomic E-state index is 12.4. The quantitative estimate of drug-likeness (QED) is 0.786. The topological polar surface area (TPSA) is 53.9 Å². The van der Waals surface area contributed by atoms with Crippen molar-refractivity contribution < 1.29 is 14.5 Å². The van der Waals surface area contributed by atoms with Gasteiger partial charge in [-0.25, -0.2) is 0 Å². The highest BCUT2D eigenvalue weighted by molar-refractivity contribution is 9.10. The van der Waals surface area contributed by atoms with E-state index in [1.54, 1.807) is 0 Å². The van der Waals surface area contributed by atoms with Gasteiger partial charge in [-0.1, -0.05) is 28.9 Å². The Hall–Kier alpha value is -1.40. The van der Waals surface area contributed by atoms with Gasteiger partial charge in [-0.15, -0.1) is 0 Å². The molecule has 1 aromatic rings. The highest BCUT2D eigenvalue weighted by atomic mass is 79.9. The first-order valence-corrected chi connectivity index (χ1v) is 8.54. The van der Waals surface area contributed by atoms with Crippen molar-refractivity contribution in [2.45, 2.75) is 13.3 Å². The molecule has 2 N–H and O–H groups in total. The molecule has 1 fully saturated rings. The summed E-state index contributed by atoms with van der Waals surface area (Å²) in [5.41, 5.74) is 0.707. The molecule has 0 aromatic heterocycles. The van der Waals surface area contributed by atoms with Crippen molar-refractivity contribution in [2.24, 2.45) is 0 Å². The van der Waals surface area contributed by atoms with Crippen molar-refractivity contribution in [2.75, 3.05) is 39.3 Å². The summed E-state index contributed by atoms with van der Waals surface area (Å²) in [6, 6.07) is 7.47. The van der Waals surface area contributed by atoms with E-state index in [4.69, 9.17) is 0 Å². The lowest BCUT2D eigenvalue weighted by Crippen LogP contribution is -3.15. The number of quaternary nitrogens is 1. The van der Waals surface area contributed by atoms with Crippen molar-refractivity contribution in [1.29, 1.82) is 0 Å². The molecule has 1 aliphatic rings. The molecular weight excluding hydrogens is 346 g/mol. The molecule has 2 amide bonds. The predicted octanol–water partition coefficient (Wildman–Crippen LogP) is 0.316. The third-order valence-electron chi connectivity index (χ3n) is 3.81. The van der Waals surface area contributed by atoms with Gasteiger partial charge in [-0.2, -0.15) is 0 Å². The van der Waals surface area contributed by atoms with Gasteiger partial charge >= 0.3 is 0 Å². The largest absolute Gasteiger partial charge is 0.351 e. The fourth-order valence-corrected chi connectivity index (χ4v) is 2.96. The van der Waals surface area contributed by atoms with Crippen molar-refractivity contribution in [3.05, 3.63) is 34.3 Å². The van der Waals surface area contributed by atoms with Crippen LogP contribution in [0.3, 0.4) is 0 Å². The van der Waals surface area contributed by atoms with E-state index in [0.717, 1.165) is 30.5 Å². The smallest absolute Gasteiger partial charge is 0.275 e. The second kappa shape index (κ2) is 8.29. The van der Waals surface area contributed by atoms with Crippen LogP contribution in [0.5, 0.6) is 0 Å². The minimum absolute atomic E-state index is 0.0655. The molecule has 1 saturated heterocycles. The van der Waals surface area contributed by atoms with Gasteiger partial charge in [0.1, 0.15) is 0 Å². The second-order valence-electron chi connectivity index (χ2n) is 5.58. The highest BCUT2D eigenvalue weighted by Gasteiger charge is 2.25. The third kappa shape index (κ3) is 4.81. The van der Waals surface area contributed by atoms with Gasteiger partial charge in [-0.05, 0) is 24.6 Å². The minimum atomic E-state index is 0.0655. The van der Waals surface area contributed by atoms with E-state index in [1.165, 1.54) is 4.90 Å². The number of hydrogen-bond donors (Lipinski definition) is 2. The molecule has 1 aromatic carbocycles. The van der Waals surface area contributed by atoms with Crippen LogP contribution in [0.1, 0.15) is 23.7 Å². The first-order valence-electron chi connectivity index (χ1n) is 7.75. The van der Waals surface area contributed by atoms with E-state index in [0.29, 0.717) is 25.2 Å². The summed E-state index contributed by atoms with van der Waals surface area (Å²) < 4.78 is 0.912. The average molecular weight is 369 g/mol. The standard InChI is InChI=1S/C16H22BrN3O2/c1-2-6-18-15(21)12-19-7-9-20(10-8-19)16(22)13-4-3-5-14(17)11-13/h3-5,11H,2,6-10,12H2,1H3,(H,18,21)/p+1. The zero-order valence-electron chi connectivity index (χ0n) is 12.9. The fourth-order valence-electron chi connectivity index (χ4n) is 2.56. The van der Waals surface area contributed by atoms with Gasteiger partial charge in [0, 0.05) is 16.6 Å². The zero-order chi connectivity index (χ0) is 15.9. The number of piperazine rings is 1. The number of carbonyl (C=O) groups is 2. The second-order valence-corrected chi connectivity index (χ2v) is 6.49. The first kappa shape index (κ1) is 17.0. The first-order chi connectivity index (χ1) is 10.6. The van der Waals surface area contributed by atoms with Gasteiger partial charge in [0.2, 0.25) is 0 Å². The lowest BCUT2D eigenvalue weighted by atomic mass is 10.2. The Morgan fingerprint density at radius 1 is 1.32 bits per heavy atom. The molecule has 0 spiro atoms. The van der Waals surface area contributed by atoms with Crippen LogP contribution in [0, 0.1) is 0 Å². The fraction of sp³-hybridized carbons (Fsp3) is 0.500. The van der Waals surface area contributed by atoms with Crippen LogP contribution in [0.25, 0.3) is 0 Å². The van der Waals surface area contributed by atoms with Crippen molar-refractivity contribution >= 4 is 27.7 Å². The summed E-state index contributed by atoms with van der Waals surface area (Å²) in [6.45, 7) is 6.31. The maximum atomic E-state index is 12.4. The Balaban J connectivity index is 1.82. The summed E-state index contributed by atoms with van der Waals surface area (Å²) in [5.74, 6) is 0.166. The molecule has 1 heterocycles. The molecule has 0 saturated carbocycles. The maximum Gasteiger partial charge on any atom is 0.275 e. The van der Waals surface area contributed by atoms with Crippen LogP contribution >= 0.6 is 15.9 Å². The van der Waals surface area contributed by atoms with Crippen LogP contribution in [-0.4, -0.2) is 56.0 Å². The van der Waals surface area contributed by atoms with E-state index in [2.05, 4.69) is 21.2 Å². The lowest BCUT2D eigenvalue weighted by Gasteiger charge is -2.32. The van der Waals surface area contributed by atoms with Crippen molar-refractivity contribution in [1.82, 2.24) is 10.2 Å². The number of benzene rings is 1. The van der Waals surface area contributed by atoms with Gasteiger partial charge < -0.3 is 15.1 Å². The summed E-state index contributed by atoms with van der Waals surface area (Å²) in [6.07, 6.45) is 0.954. The van der Waals surface area contributed by atoms with Gasteiger partial charge in [0.05, 0.1) is 26.2 Å². The van der Waals surface area contributed by atoms with Crippen LogP contribution < -0.4 is 10.2 Å². The van der Waals surface area contributed by atoms with Gasteiger partial charge in [0.15, 0.2) is 6.54 Å². The summed E-state index contributed by atoms with van der Waals surface area (Å²) in [7, 11) is 0. The van der Waals surface area contributed by atoms with Crippen LogP contribution in [0.2, 0.25) is 0 Å². The van der Waals surface area contributed by atoms with E-state index >= 15 is 0 Å². The lowest BCUT2D eigenvalue weighted by molar-refractivity contribution is -0.896. The molecule has 1 aliphatic heterocycles. The Kier molecular flexibility index (Phi) is 6.39. The molecule has 5 nitrogen and oxygen atoms in total. The monoisotopic (exact) mass is 368 g/mol. The van der Waals surface area contributed by atoms with E-state index in [9.17, 15) is 9.59 Å². The average Bonchev–Trinajstić information content (AvgIpc) is 2.53. The summed E-state index contributed by atoms with van der Waals surface area (Å²) in [4.78, 5) is 27.3. The minimum Gasteiger partial charge on any atom is -0.351 e. The Morgan fingerprint density at radius 2 is 2.05 bits per heavy atom. The highest BCUT2D eigenvalue weighted by Crippen LogP contribution is 2.13. The Bertz CT molecular complexity index is 528. The Morgan fingerprint density at radius 3 is 2.68 bits per heavy atom. The van der Waals surface area contributed by atoms with Crippen LogP contribution in [0.4, 0.5) is 0 Å². The SMILES string of the molecule is CCCNC(=O)C[NH+]1CCN(C(=O)c2cccc(Br)c2)CC1. The molecule has 22 heavy (non-hydrogen) atoms. The number of hydrogen-bond acceptors (Lipinski definition) is 2. The molecule has 6 heteroatoms. The van der Waals surface area contributed by atoms with Crippen LogP contribution in [-0.2, 0) is 4.79 Å². The number of halogens is 1. The van der Waals surface area contributed by atoms with Crippen LogP contribution in [0.15, 0.2) is 28.7 Å².